The van der Waals surface area contributed by atoms with Crippen molar-refractivity contribution < 1.29 is 5.11 Å². The summed E-state index contributed by atoms with van der Waals surface area (Å²) in [6.45, 7) is 5.09. The van der Waals surface area contributed by atoms with E-state index in [0.29, 0.717) is 31.2 Å². The molecule has 0 spiro atoms. The average molecular weight is 471 g/mol. The summed E-state index contributed by atoms with van der Waals surface area (Å²) in [5.41, 5.74) is 12.2. The molecular weight excluding hydrogens is 440 g/mol. The van der Waals surface area contributed by atoms with E-state index in [1.54, 1.807) is 6.33 Å². The number of hydrogen-bond acceptors (Lipinski definition) is 8. The van der Waals surface area contributed by atoms with Crippen LogP contribution in [0.1, 0.15) is 59.3 Å². The molecule has 6 rings (SSSR count). The van der Waals surface area contributed by atoms with Crippen LogP contribution in [0.15, 0.2) is 43.0 Å². The van der Waals surface area contributed by atoms with Crippen molar-refractivity contribution in [3.05, 3.63) is 71.1 Å². The Balaban J connectivity index is 1.24. The summed E-state index contributed by atoms with van der Waals surface area (Å²) in [5.74, 6) is 2.71. The molecule has 9 heteroatoms. The van der Waals surface area contributed by atoms with Crippen LogP contribution in [0, 0.1) is 13.8 Å². The minimum Gasteiger partial charge on any atom is -0.391 e. The second kappa shape index (κ2) is 8.49. The first-order chi connectivity index (χ1) is 16.9. The topological polar surface area (TPSA) is 117 Å². The molecule has 2 fully saturated rings. The van der Waals surface area contributed by atoms with E-state index in [-0.39, 0.29) is 6.04 Å². The molecule has 1 aliphatic heterocycles. The van der Waals surface area contributed by atoms with Crippen LogP contribution in [-0.2, 0) is 6.54 Å². The lowest BCUT2D eigenvalue weighted by atomic mass is 10.1. The molecule has 4 aromatic heterocycles. The molecule has 4 N–H and O–H groups in total. The van der Waals surface area contributed by atoms with Gasteiger partial charge in [-0.3, -0.25) is 0 Å². The van der Waals surface area contributed by atoms with Gasteiger partial charge in [0, 0.05) is 43.7 Å². The summed E-state index contributed by atoms with van der Waals surface area (Å²) >= 11 is 0. The van der Waals surface area contributed by atoms with Crippen molar-refractivity contribution in [3.8, 4) is 0 Å². The zero-order chi connectivity index (χ0) is 24.1. The van der Waals surface area contributed by atoms with Gasteiger partial charge < -0.3 is 25.5 Å². The first-order valence-electron chi connectivity index (χ1n) is 12.2. The summed E-state index contributed by atoms with van der Waals surface area (Å²) in [6.07, 6.45) is 8.57. The number of anilines is 3. The second-order valence-corrected chi connectivity index (χ2v) is 9.77. The van der Waals surface area contributed by atoms with E-state index in [2.05, 4.69) is 54.1 Å². The maximum absolute atomic E-state index is 10.5. The summed E-state index contributed by atoms with van der Waals surface area (Å²) in [7, 11) is 0. The van der Waals surface area contributed by atoms with Gasteiger partial charge >= 0.3 is 0 Å². The fourth-order valence-electron chi connectivity index (χ4n) is 5.13. The van der Waals surface area contributed by atoms with E-state index in [9.17, 15) is 5.11 Å². The van der Waals surface area contributed by atoms with E-state index < -0.39 is 6.10 Å². The quantitative estimate of drug-likeness (QED) is 0.392. The number of nitrogens with two attached hydrogens (primary N) is 1. The van der Waals surface area contributed by atoms with Gasteiger partial charge in [-0.15, -0.1) is 0 Å². The van der Waals surface area contributed by atoms with Crippen LogP contribution >= 0.6 is 0 Å². The lowest BCUT2D eigenvalue weighted by Crippen LogP contribution is -2.25. The molecule has 0 bridgehead atoms. The zero-order valence-electron chi connectivity index (χ0n) is 20.0. The number of nitrogen functional groups attached to an aromatic ring is 1. The smallest absolute Gasteiger partial charge is 0.137 e. The maximum atomic E-state index is 10.5. The number of nitrogens with zero attached hydrogens (tertiary/aromatic N) is 6. The molecule has 1 unspecified atom stereocenters. The van der Waals surface area contributed by atoms with Crippen LogP contribution in [0.3, 0.4) is 0 Å². The molecule has 0 amide bonds. The molecule has 1 saturated heterocycles. The zero-order valence-corrected chi connectivity index (χ0v) is 20.0. The molecule has 35 heavy (non-hydrogen) atoms. The van der Waals surface area contributed by atoms with E-state index in [4.69, 9.17) is 10.7 Å². The van der Waals surface area contributed by atoms with Crippen molar-refractivity contribution in [2.75, 3.05) is 22.5 Å². The fourth-order valence-corrected chi connectivity index (χ4v) is 5.13. The number of imidazole rings is 1. The minimum atomic E-state index is -0.440. The molecule has 5 heterocycles. The lowest BCUT2D eigenvalue weighted by molar-refractivity contribution is 0.194. The summed E-state index contributed by atoms with van der Waals surface area (Å²) < 4.78 is 2.12. The largest absolute Gasteiger partial charge is 0.391 e. The molecule has 2 aliphatic rings. The fraction of sp³-hybridized carbons (Fsp3) is 0.385. The number of aliphatic hydroxyl groups is 1. The SMILES string of the molecule is Cc1cc(N)nc(C)c1CNc1cc(N2C[C@H](O)CC2c2cn3cc(C4CC4)ccc3n2)ncn1. The molecule has 0 radical (unpaired) electrons. The molecule has 180 valence electrons. The Morgan fingerprint density at radius 2 is 1.97 bits per heavy atom. The predicted molar refractivity (Wildman–Crippen MR) is 135 cm³/mol. The minimum absolute atomic E-state index is 0.0530. The number of nitrogens with one attached hydrogen (secondary N) is 1. The molecule has 1 saturated carbocycles. The Morgan fingerprint density at radius 3 is 2.77 bits per heavy atom. The Hall–Kier alpha value is -3.72. The van der Waals surface area contributed by atoms with Gasteiger partial charge in [-0.1, -0.05) is 6.07 Å². The predicted octanol–water partition coefficient (Wildman–Crippen LogP) is 3.52. The Kier molecular flexibility index (Phi) is 5.29. The van der Waals surface area contributed by atoms with Crippen LogP contribution in [-0.4, -0.2) is 42.1 Å². The number of hydrogen-bond donors (Lipinski definition) is 3. The first kappa shape index (κ1) is 21.8. The molecule has 4 aromatic rings. The summed E-state index contributed by atoms with van der Waals surface area (Å²) in [6, 6.07) is 8.04. The number of aromatic nitrogens is 5. The van der Waals surface area contributed by atoms with E-state index in [1.807, 2.05) is 26.0 Å². The highest BCUT2D eigenvalue weighted by Crippen LogP contribution is 2.40. The molecule has 0 aromatic carbocycles. The van der Waals surface area contributed by atoms with Crippen molar-refractivity contribution >= 4 is 23.1 Å². The number of rotatable bonds is 6. The Labute approximate surface area is 204 Å². The van der Waals surface area contributed by atoms with Gasteiger partial charge in [-0.25, -0.2) is 19.9 Å². The van der Waals surface area contributed by atoms with Crippen molar-refractivity contribution in [3.63, 3.8) is 0 Å². The van der Waals surface area contributed by atoms with Crippen molar-refractivity contribution in [1.29, 1.82) is 0 Å². The van der Waals surface area contributed by atoms with Crippen LogP contribution in [0.2, 0.25) is 0 Å². The summed E-state index contributed by atoms with van der Waals surface area (Å²) in [5, 5.41) is 13.9. The maximum Gasteiger partial charge on any atom is 0.137 e. The van der Waals surface area contributed by atoms with Gasteiger partial charge in [0.2, 0.25) is 0 Å². The summed E-state index contributed by atoms with van der Waals surface area (Å²) in [4.78, 5) is 20.3. The third kappa shape index (κ3) is 4.27. The number of aryl methyl sites for hydroxylation is 2. The van der Waals surface area contributed by atoms with Gasteiger partial charge in [0.1, 0.15) is 29.4 Å². The number of fused-ring (bicyclic) bond motifs is 1. The van der Waals surface area contributed by atoms with Crippen molar-refractivity contribution in [2.45, 2.75) is 57.7 Å². The number of β-amino-alcohol motifs (C(OH)–C–C–N with tert-alkyl or cyclic N) is 1. The molecular formula is C26H30N8O. The van der Waals surface area contributed by atoms with Crippen molar-refractivity contribution in [2.24, 2.45) is 0 Å². The Morgan fingerprint density at radius 1 is 1.11 bits per heavy atom. The van der Waals surface area contributed by atoms with Crippen LogP contribution in [0.5, 0.6) is 0 Å². The highest BCUT2D eigenvalue weighted by Gasteiger charge is 2.35. The van der Waals surface area contributed by atoms with Gasteiger partial charge in [-0.05, 0) is 61.4 Å². The lowest BCUT2D eigenvalue weighted by Gasteiger charge is -2.24. The van der Waals surface area contributed by atoms with Crippen molar-refractivity contribution in [1.82, 2.24) is 24.3 Å². The molecule has 2 atom stereocenters. The van der Waals surface area contributed by atoms with Gasteiger partial charge in [-0.2, -0.15) is 0 Å². The normalized spacial score (nSPS) is 20.0. The number of pyridine rings is 2. The monoisotopic (exact) mass is 470 g/mol. The third-order valence-corrected chi connectivity index (χ3v) is 7.13. The van der Waals surface area contributed by atoms with E-state index in [1.165, 1.54) is 18.4 Å². The van der Waals surface area contributed by atoms with E-state index in [0.717, 1.165) is 39.8 Å². The van der Waals surface area contributed by atoms with Gasteiger partial charge in [0.25, 0.3) is 0 Å². The van der Waals surface area contributed by atoms with Gasteiger partial charge in [0.15, 0.2) is 0 Å². The second-order valence-electron chi connectivity index (χ2n) is 9.77. The average Bonchev–Trinajstić information content (AvgIpc) is 3.47. The Bertz CT molecular complexity index is 1370. The highest BCUT2D eigenvalue weighted by atomic mass is 16.3. The standard InChI is InChI=1S/C26H30N8O/c1-15-7-23(27)31-16(2)20(15)10-28-24-9-26(30-14-29-24)34-12-19(35)8-22(34)21-13-33-11-18(17-3-4-17)5-6-25(33)32-21/h5-7,9,11,13-14,17,19,22,35H,3-4,8,10,12H2,1-2H3,(H2,27,31)(H,28,29,30)/t19-,22?/m1/s1. The number of aliphatic hydroxyl groups excluding tert-OH is 1. The highest BCUT2D eigenvalue weighted by molar-refractivity contribution is 5.53. The van der Waals surface area contributed by atoms with E-state index >= 15 is 0 Å². The molecule has 9 nitrogen and oxygen atoms in total. The van der Waals surface area contributed by atoms with Crippen LogP contribution in [0.4, 0.5) is 17.5 Å². The van der Waals surface area contributed by atoms with Crippen LogP contribution in [0.25, 0.3) is 5.65 Å². The van der Waals surface area contributed by atoms with Gasteiger partial charge in [0.05, 0.1) is 17.8 Å². The third-order valence-electron chi connectivity index (χ3n) is 7.13. The van der Waals surface area contributed by atoms with Crippen LogP contribution < -0.4 is 16.0 Å². The first-order valence-corrected chi connectivity index (χ1v) is 12.2. The molecule has 1 aliphatic carbocycles.